The van der Waals surface area contributed by atoms with Gasteiger partial charge in [-0.15, -0.1) is 0 Å². The molecule has 11 heteroatoms. The number of aliphatic hydroxyl groups is 2. The molecular formula is C39H71O10P. The Kier molecular flexibility index (Phi) is 34.3. The van der Waals surface area contributed by atoms with Gasteiger partial charge in [-0.1, -0.05) is 121 Å². The van der Waals surface area contributed by atoms with Crippen LogP contribution in [0.25, 0.3) is 0 Å². The Bertz CT molecular complexity index is 936. The summed E-state index contributed by atoms with van der Waals surface area (Å²) in [6.45, 7) is 2.10. The van der Waals surface area contributed by atoms with Crippen LogP contribution in [0.1, 0.15) is 162 Å². The molecule has 3 unspecified atom stereocenters. The maximum absolute atomic E-state index is 12.3. The van der Waals surface area contributed by atoms with E-state index in [0.717, 1.165) is 77.0 Å². The number of phosphoric ester groups is 1. The van der Waals surface area contributed by atoms with Crippen molar-refractivity contribution in [3.05, 3.63) is 36.5 Å². The van der Waals surface area contributed by atoms with Crippen molar-refractivity contribution in [2.24, 2.45) is 0 Å². The van der Waals surface area contributed by atoms with Crippen molar-refractivity contribution in [3.63, 3.8) is 0 Å². The Morgan fingerprint density at radius 1 is 0.540 bits per heavy atom. The maximum Gasteiger partial charge on any atom is 0.472 e. The Morgan fingerprint density at radius 2 is 0.900 bits per heavy atom. The molecule has 0 fully saturated rings. The SMILES string of the molecule is CCCC/C=C\CCCCCCCC(=O)OC(CO)COP(=O)(O)OCC(CO)OC(=O)CCCCCCC/C=C\C/C=C\CCCCCC. The predicted molar refractivity (Wildman–Crippen MR) is 201 cm³/mol. The van der Waals surface area contributed by atoms with Gasteiger partial charge in [-0.3, -0.25) is 18.6 Å². The first-order chi connectivity index (χ1) is 24.3. The van der Waals surface area contributed by atoms with Gasteiger partial charge in [0.05, 0.1) is 26.4 Å². The fraction of sp³-hybridized carbons (Fsp3) is 0.795. The minimum atomic E-state index is -4.63. The molecule has 0 spiro atoms. The van der Waals surface area contributed by atoms with Crippen LogP contribution < -0.4 is 0 Å². The van der Waals surface area contributed by atoms with Gasteiger partial charge in [0.2, 0.25) is 0 Å². The van der Waals surface area contributed by atoms with Gasteiger partial charge in [-0.2, -0.15) is 0 Å². The Labute approximate surface area is 303 Å². The average molecular weight is 731 g/mol. The number of hydrogen-bond acceptors (Lipinski definition) is 9. The number of ether oxygens (including phenoxy) is 2. The highest BCUT2D eigenvalue weighted by atomic mass is 31.2. The lowest BCUT2D eigenvalue weighted by Gasteiger charge is -2.20. The summed E-state index contributed by atoms with van der Waals surface area (Å²) in [5.41, 5.74) is 0. The van der Waals surface area contributed by atoms with Gasteiger partial charge in [0, 0.05) is 12.8 Å². The van der Waals surface area contributed by atoms with Gasteiger partial charge in [-0.25, -0.2) is 4.57 Å². The van der Waals surface area contributed by atoms with Crippen molar-refractivity contribution >= 4 is 19.8 Å². The van der Waals surface area contributed by atoms with E-state index in [4.69, 9.17) is 18.5 Å². The van der Waals surface area contributed by atoms with Crippen molar-refractivity contribution < 1.29 is 47.8 Å². The molecular weight excluding hydrogens is 659 g/mol. The first-order valence-electron chi connectivity index (χ1n) is 19.4. The molecule has 0 amide bonds. The normalized spacial score (nSPS) is 14.4. The second-order valence-corrected chi connectivity index (χ2v) is 14.4. The van der Waals surface area contributed by atoms with E-state index in [1.807, 2.05) is 0 Å². The van der Waals surface area contributed by atoms with Gasteiger partial charge in [0.1, 0.15) is 12.2 Å². The summed E-state index contributed by atoms with van der Waals surface area (Å²) in [6, 6.07) is 0. The minimum absolute atomic E-state index is 0.175. The number of unbranched alkanes of at least 4 members (excludes halogenated alkanes) is 16. The summed E-state index contributed by atoms with van der Waals surface area (Å²) in [4.78, 5) is 34.3. The van der Waals surface area contributed by atoms with E-state index in [9.17, 15) is 29.3 Å². The molecule has 50 heavy (non-hydrogen) atoms. The van der Waals surface area contributed by atoms with Crippen molar-refractivity contribution in [2.75, 3.05) is 26.4 Å². The Hall–Kier alpha value is -1.81. The number of hydrogen-bond donors (Lipinski definition) is 3. The second kappa shape index (κ2) is 35.6. The number of allylic oxidation sites excluding steroid dienone is 6. The summed E-state index contributed by atoms with van der Waals surface area (Å²) in [5.74, 6) is -1.04. The molecule has 0 aromatic heterocycles. The molecule has 0 aromatic carbocycles. The van der Waals surface area contributed by atoms with Gasteiger partial charge in [0.25, 0.3) is 0 Å². The van der Waals surface area contributed by atoms with E-state index in [-0.39, 0.29) is 12.8 Å². The number of carbonyl (C=O) groups is 2. The Morgan fingerprint density at radius 3 is 1.32 bits per heavy atom. The molecule has 0 saturated carbocycles. The highest BCUT2D eigenvalue weighted by molar-refractivity contribution is 7.47. The number of carbonyl (C=O) groups excluding carboxylic acids is 2. The predicted octanol–water partition coefficient (Wildman–Crippen LogP) is 9.61. The highest BCUT2D eigenvalue weighted by Gasteiger charge is 2.27. The second-order valence-electron chi connectivity index (χ2n) is 12.9. The van der Waals surface area contributed by atoms with Gasteiger partial charge < -0.3 is 24.6 Å². The van der Waals surface area contributed by atoms with E-state index >= 15 is 0 Å². The number of esters is 2. The number of phosphoric acid groups is 1. The van der Waals surface area contributed by atoms with Crippen molar-refractivity contribution in [2.45, 2.75) is 174 Å². The monoisotopic (exact) mass is 730 g/mol. The molecule has 3 N–H and O–H groups in total. The molecule has 10 nitrogen and oxygen atoms in total. The lowest BCUT2D eigenvalue weighted by Crippen LogP contribution is -2.28. The summed E-state index contributed by atoms with van der Waals surface area (Å²) in [6.07, 6.45) is 34.1. The van der Waals surface area contributed by atoms with Crippen LogP contribution >= 0.6 is 7.82 Å². The molecule has 3 atom stereocenters. The lowest BCUT2D eigenvalue weighted by atomic mass is 10.1. The van der Waals surface area contributed by atoms with Crippen LogP contribution in [0.4, 0.5) is 0 Å². The highest BCUT2D eigenvalue weighted by Crippen LogP contribution is 2.43. The van der Waals surface area contributed by atoms with E-state index in [0.29, 0.717) is 12.8 Å². The molecule has 0 aliphatic carbocycles. The quantitative estimate of drug-likeness (QED) is 0.0246. The average Bonchev–Trinajstić information content (AvgIpc) is 3.10. The van der Waals surface area contributed by atoms with Crippen LogP contribution in [0, 0.1) is 0 Å². The summed E-state index contributed by atoms with van der Waals surface area (Å²) in [5, 5.41) is 19.1. The minimum Gasteiger partial charge on any atom is -0.457 e. The first-order valence-corrected chi connectivity index (χ1v) is 20.9. The largest absolute Gasteiger partial charge is 0.472 e. The van der Waals surface area contributed by atoms with Crippen LogP contribution in [-0.2, 0) is 32.7 Å². The number of rotatable bonds is 36. The van der Waals surface area contributed by atoms with Crippen molar-refractivity contribution in [1.29, 1.82) is 0 Å². The molecule has 0 radical (unpaired) electrons. The van der Waals surface area contributed by atoms with Gasteiger partial charge in [0.15, 0.2) is 0 Å². The standard InChI is InChI=1S/C39H71O10P/c1-3-5-7-9-11-13-15-16-17-18-19-21-23-25-27-29-31-39(43)49-37(33-41)35-47-50(44,45)46-34-36(32-40)48-38(42)30-28-26-24-22-20-14-12-10-8-6-4-2/h10,12-13,15,17-18,36-37,40-41H,3-9,11,14,16,19-35H2,1-2H3,(H,44,45)/b12-10-,15-13-,18-17-. The van der Waals surface area contributed by atoms with Gasteiger partial charge in [-0.05, 0) is 64.2 Å². The van der Waals surface area contributed by atoms with Gasteiger partial charge >= 0.3 is 19.8 Å². The third kappa shape index (κ3) is 33.3. The summed E-state index contributed by atoms with van der Waals surface area (Å²) < 4.78 is 32.4. The van der Waals surface area contributed by atoms with Crippen molar-refractivity contribution in [3.8, 4) is 0 Å². The maximum atomic E-state index is 12.3. The Balaban J connectivity index is 4.00. The van der Waals surface area contributed by atoms with Crippen molar-refractivity contribution in [1.82, 2.24) is 0 Å². The molecule has 0 bridgehead atoms. The molecule has 0 saturated heterocycles. The summed E-state index contributed by atoms with van der Waals surface area (Å²) >= 11 is 0. The molecule has 0 heterocycles. The molecule has 0 rings (SSSR count). The third-order valence-electron chi connectivity index (χ3n) is 8.07. The van der Waals surface area contributed by atoms with Crippen LogP contribution in [0.2, 0.25) is 0 Å². The van der Waals surface area contributed by atoms with E-state index in [1.165, 1.54) is 44.9 Å². The molecule has 0 aromatic rings. The van der Waals surface area contributed by atoms with Crippen LogP contribution in [0.15, 0.2) is 36.5 Å². The van der Waals surface area contributed by atoms with E-state index in [1.54, 1.807) is 0 Å². The van der Waals surface area contributed by atoms with Crippen LogP contribution in [0.5, 0.6) is 0 Å². The summed E-state index contributed by atoms with van der Waals surface area (Å²) in [7, 11) is -4.63. The zero-order chi connectivity index (χ0) is 37.0. The third-order valence-corrected chi connectivity index (χ3v) is 9.03. The number of aliphatic hydroxyl groups excluding tert-OH is 2. The zero-order valence-electron chi connectivity index (χ0n) is 31.4. The van der Waals surface area contributed by atoms with Crippen LogP contribution in [-0.4, -0.2) is 65.7 Å². The fourth-order valence-corrected chi connectivity index (χ4v) is 5.79. The van der Waals surface area contributed by atoms with Crippen LogP contribution in [0.3, 0.4) is 0 Å². The first kappa shape index (κ1) is 48.2. The smallest absolute Gasteiger partial charge is 0.457 e. The fourth-order valence-electron chi connectivity index (χ4n) is 5.01. The lowest BCUT2D eigenvalue weighted by molar-refractivity contribution is -0.153. The zero-order valence-corrected chi connectivity index (χ0v) is 32.3. The van der Waals surface area contributed by atoms with E-state index < -0.39 is 58.4 Å². The molecule has 0 aliphatic heterocycles. The topological polar surface area (TPSA) is 149 Å². The van der Waals surface area contributed by atoms with E-state index in [2.05, 4.69) is 50.3 Å². The molecule has 292 valence electrons. The molecule has 0 aliphatic rings.